The van der Waals surface area contributed by atoms with Gasteiger partial charge in [-0.2, -0.15) is 18.3 Å². The Morgan fingerprint density at radius 2 is 1.97 bits per heavy atom. The van der Waals surface area contributed by atoms with Crippen LogP contribution in [0, 0.1) is 0 Å². The number of pyridine rings is 1. The van der Waals surface area contributed by atoms with Gasteiger partial charge < -0.3 is 25.9 Å². The lowest BCUT2D eigenvalue weighted by Crippen LogP contribution is -2.29. The second-order valence-corrected chi connectivity index (χ2v) is 8.78. The number of carboxylic acid groups (broad SMARTS) is 1. The molecule has 0 unspecified atom stereocenters. The van der Waals surface area contributed by atoms with Crippen molar-refractivity contribution in [2.24, 2.45) is 0 Å². The van der Waals surface area contributed by atoms with Crippen LogP contribution < -0.4 is 16.4 Å². The minimum Gasteiger partial charge on any atom is -0.475 e. The van der Waals surface area contributed by atoms with Gasteiger partial charge in [0, 0.05) is 41.8 Å². The highest BCUT2D eigenvalue weighted by Crippen LogP contribution is 2.32. The molecule has 4 aromatic rings. The number of nitrogen functional groups attached to an aromatic ring is 1. The molecule has 13 heteroatoms. The smallest absolute Gasteiger partial charge is 0.475 e. The molecule has 1 aliphatic rings. The van der Waals surface area contributed by atoms with E-state index in [1.165, 1.54) is 0 Å². The van der Waals surface area contributed by atoms with E-state index in [1.54, 1.807) is 6.20 Å². The first-order valence-corrected chi connectivity index (χ1v) is 12.1. The van der Waals surface area contributed by atoms with Crippen LogP contribution in [0.4, 0.5) is 24.7 Å². The summed E-state index contributed by atoms with van der Waals surface area (Å²) in [6, 6.07) is 8.35. The summed E-state index contributed by atoms with van der Waals surface area (Å²) in [5, 5.41) is 18.5. The van der Waals surface area contributed by atoms with E-state index in [4.69, 9.17) is 20.1 Å². The first-order valence-electron chi connectivity index (χ1n) is 12.1. The van der Waals surface area contributed by atoms with Crippen LogP contribution in [-0.2, 0) is 4.79 Å². The van der Waals surface area contributed by atoms with Crippen molar-refractivity contribution >= 4 is 28.6 Å². The van der Waals surface area contributed by atoms with Crippen molar-refractivity contribution in [1.29, 1.82) is 0 Å². The van der Waals surface area contributed by atoms with Crippen LogP contribution in [0.1, 0.15) is 32.2 Å². The van der Waals surface area contributed by atoms with Gasteiger partial charge in [0.15, 0.2) is 5.58 Å². The fourth-order valence-corrected chi connectivity index (χ4v) is 3.98. The summed E-state index contributed by atoms with van der Waals surface area (Å²) in [6.45, 7) is 5.11. The molecule has 10 nitrogen and oxygen atoms in total. The van der Waals surface area contributed by atoms with Crippen molar-refractivity contribution in [3.8, 4) is 22.6 Å². The van der Waals surface area contributed by atoms with E-state index < -0.39 is 12.1 Å². The molecule has 3 aromatic heterocycles. The number of benzene rings is 1. The quantitative estimate of drug-likeness (QED) is 0.278. The summed E-state index contributed by atoms with van der Waals surface area (Å²) >= 11 is 0. The molecule has 38 heavy (non-hydrogen) atoms. The van der Waals surface area contributed by atoms with E-state index in [-0.39, 0.29) is 0 Å². The number of nitrogens with one attached hydrogen (secondary N) is 2. The Hall–Kier alpha value is -4.13. The maximum atomic E-state index is 10.6. The van der Waals surface area contributed by atoms with Crippen LogP contribution in [-0.4, -0.2) is 56.6 Å². The Labute approximate surface area is 216 Å². The molecule has 0 atom stereocenters. The van der Waals surface area contributed by atoms with Gasteiger partial charge in [0.05, 0.1) is 17.8 Å². The van der Waals surface area contributed by atoms with Gasteiger partial charge >= 0.3 is 12.1 Å². The molecule has 1 fully saturated rings. The average Bonchev–Trinajstić information content (AvgIpc) is 3.55. The summed E-state index contributed by atoms with van der Waals surface area (Å²) in [5.74, 6) is -1.89. The summed E-state index contributed by atoms with van der Waals surface area (Å²) < 4.78 is 39.8. The standard InChI is InChI=1S/C23H27N7O.C2HF3O2/c1-2-7-26-17-3-4-20-21(11-17)31-23(29-20)19-10-15(12-27-22(19)24)16-13-28-30(14-16)18-5-8-25-9-6-18;3-2(4,5)1(6)7/h3-4,10-14,18,25-26H,2,5-9H2,1H3,(H2,24,27);(H,6,7). The third-order valence-electron chi connectivity index (χ3n) is 5.98. The van der Waals surface area contributed by atoms with Crippen molar-refractivity contribution in [2.75, 3.05) is 30.7 Å². The molecule has 0 spiro atoms. The zero-order valence-electron chi connectivity index (χ0n) is 20.6. The van der Waals surface area contributed by atoms with Gasteiger partial charge in [-0.25, -0.2) is 14.8 Å². The van der Waals surface area contributed by atoms with Crippen molar-refractivity contribution in [3.05, 3.63) is 42.9 Å². The average molecular weight is 532 g/mol. The maximum absolute atomic E-state index is 10.6. The van der Waals surface area contributed by atoms with Gasteiger partial charge in [0.25, 0.3) is 0 Å². The van der Waals surface area contributed by atoms with Crippen molar-refractivity contribution < 1.29 is 27.5 Å². The minimum absolute atomic E-state index is 0.394. The van der Waals surface area contributed by atoms with Crippen molar-refractivity contribution in [2.45, 2.75) is 38.4 Å². The topological polar surface area (TPSA) is 144 Å². The van der Waals surface area contributed by atoms with E-state index in [1.807, 2.05) is 30.5 Å². The molecule has 5 rings (SSSR count). The summed E-state index contributed by atoms with van der Waals surface area (Å²) in [5.41, 5.74) is 11.4. The number of carbonyl (C=O) groups is 1. The van der Waals surface area contributed by atoms with E-state index in [0.29, 0.717) is 23.3 Å². The largest absolute Gasteiger partial charge is 0.490 e. The number of carboxylic acids is 1. The maximum Gasteiger partial charge on any atom is 0.490 e. The second-order valence-electron chi connectivity index (χ2n) is 8.78. The number of hydrogen-bond donors (Lipinski definition) is 4. The monoisotopic (exact) mass is 531 g/mol. The Morgan fingerprint density at radius 1 is 1.24 bits per heavy atom. The van der Waals surface area contributed by atoms with E-state index in [2.05, 4.69) is 43.5 Å². The predicted octanol–water partition coefficient (Wildman–Crippen LogP) is 4.72. The lowest BCUT2D eigenvalue weighted by Gasteiger charge is -2.22. The van der Waals surface area contributed by atoms with Crippen LogP contribution in [0.5, 0.6) is 0 Å². The summed E-state index contributed by atoms with van der Waals surface area (Å²) in [4.78, 5) is 17.9. The Balaban J connectivity index is 0.000000426. The van der Waals surface area contributed by atoms with Gasteiger partial charge in [-0.05, 0) is 50.6 Å². The number of piperidine rings is 1. The van der Waals surface area contributed by atoms with Crippen LogP contribution in [0.15, 0.2) is 47.3 Å². The third-order valence-corrected chi connectivity index (χ3v) is 5.98. The fraction of sp³-hybridized carbons (Fsp3) is 0.360. The van der Waals surface area contributed by atoms with Crippen LogP contribution >= 0.6 is 0 Å². The number of fused-ring (bicyclic) bond motifs is 1. The SMILES string of the molecule is CCCNc1ccc2nc(-c3cc(-c4cnn(C5CCNCC5)c4)cnc3N)oc2c1.O=C(O)C(F)(F)F. The Morgan fingerprint density at radius 3 is 2.66 bits per heavy atom. The Kier molecular flexibility index (Phi) is 8.15. The third kappa shape index (κ3) is 6.40. The number of nitrogens with two attached hydrogens (primary N) is 1. The normalized spacial score (nSPS) is 14.2. The molecule has 1 aliphatic heterocycles. The number of aromatic nitrogens is 4. The lowest BCUT2D eigenvalue weighted by molar-refractivity contribution is -0.192. The molecule has 0 aliphatic carbocycles. The van der Waals surface area contributed by atoms with Crippen LogP contribution in [0.3, 0.4) is 0 Å². The first-order chi connectivity index (χ1) is 18.2. The number of halogens is 3. The van der Waals surface area contributed by atoms with Gasteiger partial charge in [-0.15, -0.1) is 0 Å². The zero-order chi connectivity index (χ0) is 27.3. The van der Waals surface area contributed by atoms with E-state index in [0.717, 1.165) is 66.8 Å². The molecule has 5 N–H and O–H groups in total. The van der Waals surface area contributed by atoms with Crippen molar-refractivity contribution in [3.63, 3.8) is 0 Å². The van der Waals surface area contributed by atoms with E-state index >= 15 is 0 Å². The molecule has 202 valence electrons. The fourth-order valence-electron chi connectivity index (χ4n) is 3.98. The second kappa shape index (κ2) is 11.5. The highest BCUT2D eigenvalue weighted by atomic mass is 19.4. The zero-order valence-corrected chi connectivity index (χ0v) is 20.6. The highest BCUT2D eigenvalue weighted by Gasteiger charge is 2.38. The lowest BCUT2D eigenvalue weighted by atomic mass is 10.1. The first kappa shape index (κ1) is 26.9. The minimum atomic E-state index is -5.08. The molecule has 0 saturated carbocycles. The van der Waals surface area contributed by atoms with Crippen molar-refractivity contribution in [1.82, 2.24) is 25.1 Å². The number of rotatable bonds is 6. The molecule has 0 radical (unpaired) electrons. The molecule has 0 bridgehead atoms. The molecular weight excluding hydrogens is 503 g/mol. The summed E-state index contributed by atoms with van der Waals surface area (Å²) in [7, 11) is 0. The Bertz CT molecular complexity index is 1390. The van der Waals surface area contributed by atoms with Gasteiger partial charge in [-0.3, -0.25) is 4.68 Å². The van der Waals surface area contributed by atoms with Gasteiger partial charge in [0.1, 0.15) is 11.3 Å². The molecule has 4 heterocycles. The van der Waals surface area contributed by atoms with Gasteiger partial charge in [0.2, 0.25) is 5.89 Å². The highest BCUT2D eigenvalue weighted by molar-refractivity contribution is 5.82. The molecule has 1 aromatic carbocycles. The molecular formula is C25H28F3N7O3. The van der Waals surface area contributed by atoms with Gasteiger partial charge in [-0.1, -0.05) is 6.92 Å². The number of alkyl halides is 3. The number of oxazole rings is 1. The molecule has 0 amide bonds. The predicted molar refractivity (Wildman–Crippen MR) is 136 cm³/mol. The van der Waals surface area contributed by atoms with E-state index in [9.17, 15) is 13.2 Å². The van der Waals surface area contributed by atoms with Crippen LogP contribution in [0.2, 0.25) is 0 Å². The van der Waals surface area contributed by atoms with Crippen LogP contribution in [0.25, 0.3) is 33.7 Å². The summed E-state index contributed by atoms with van der Waals surface area (Å²) in [6.07, 6.45) is 3.90. The molecule has 1 saturated heterocycles. The number of hydrogen-bond acceptors (Lipinski definition) is 8. The number of nitrogens with zero attached hydrogens (tertiary/aromatic N) is 4. The number of anilines is 2. The number of aliphatic carboxylic acids is 1.